The van der Waals surface area contributed by atoms with Crippen LogP contribution in [0.15, 0.2) is 22.8 Å². The predicted molar refractivity (Wildman–Crippen MR) is 87.0 cm³/mol. The highest BCUT2D eigenvalue weighted by atomic mass is 16.3. The highest BCUT2D eigenvalue weighted by molar-refractivity contribution is 5.88. The quantitative estimate of drug-likeness (QED) is 0.843. The van der Waals surface area contributed by atoms with Gasteiger partial charge in [0.2, 0.25) is 5.91 Å². The lowest BCUT2D eigenvalue weighted by atomic mass is 10.0. The largest absolute Gasteiger partial charge is 0.464 e. The highest BCUT2D eigenvalue weighted by Gasteiger charge is 2.24. The summed E-state index contributed by atoms with van der Waals surface area (Å²) in [5.41, 5.74) is 4.85. The average Bonchev–Trinajstić information content (AvgIpc) is 3.12. The number of benzene rings is 1. The first kappa shape index (κ1) is 13.9. The van der Waals surface area contributed by atoms with Gasteiger partial charge in [0.05, 0.1) is 12.7 Å². The van der Waals surface area contributed by atoms with E-state index < -0.39 is 0 Å². The monoisotopic (exact) mass is 297 g/mol. The van der Waals surface area contributed by atoms with Gasteiger partial charge in [-0.3, -0.25) is 4.79 Å². The van der Waals surface area contributed by atoms with Crippen molar-refractivity contribution in [1.82, 2.24) is 4.90 Å². The Bertz CT molecular complexity index is 716. The summed E-state index contributed by atoms with van der Waals surface area (Å²) in [5, 5.41) is 1.14. The number of furan rings is 1. The SMILES string of the molecule is C[C@H]1CCCCN1C(=O)Cc1coc2cc3c(cc12)CCC3. The molecule has 1 saturated heterocycles. The van der Waals surface area contributed by atoms with Crippen molar-refractivity contribution < 1.29 is 9.21 Å². The summed E-state index contributed by atoms with van der Waals surface area (Å²) in [6.45, 7) is 3.07. The number of hydrogen-bond acceptors (Lipinski definition) is 2. The molecule has 1 aliphatic heterocycles. The van der Waals surface area contributed by atoms with Crippen molar-refractivity contribution >= 4 is 16.9 Å². The van der Waals surface area contributed by atoms with E-state index in [2.05, 4.69) is 24.0 Å². The third-order valence-corrected chi connectivity index (χ3v) is 5.33. The summed E-state index contributed by atoms with van der Waals surface area (Å²) in [7, 11) is 0. The van der Waals surface area contributed by atoms with E-state index in [1.165, 1.54) is 24.0 Å². The Morgan fingerprint density at radius 2 is 2.05 bits per heavy atom. The van der Waals surface area contributed by atoms with Crippen LogP contribution in [0.4, 0.5) is 0 Å². The first-order chi connectivity index (χ1) is 10.7. The van der Waals surface area contributed by atoms with Crippen LogP contribution in [-0.2, 0) is 24.1 Å². The molecule has 4 rings (SSSR count). The van der Waals surface area contributed by atoms with Crippen LogP contribution >= 0.6 is 0 Å². The average molecular weight is 297 g/mol. The second-order valence-corrected chi connectivity index (χ2v) is 6.84. The number of fused-ring (bicyclic) bond motifs is 2. The molecule has 0 spiro atoms. The molecule has 1 aromatic carbocycles. The van der Waals surface area contributed by atoms with Crippen molar-refractivity contribution in [2.24, 2.45) is 0 Å². The molecule has 22 heavy (non-hydrogen) atoms. The maximum Gasteiger partial charge on any atom is 0.227 e. The van der Waals surface area contributed by atoms with Gasteiger partial charge in [0.15, 0.2) is 0 Å². The van der Waals surface area contributed by atoms with E-state index >= 15 is 0 Å². The minimum absolute atomic E-state index is 0.246. The molecule has 3 heteroatoms. The molecule has 0 saturated carbocycles. The second kappa shape index (κ2) is 5.45. The number of aryl methyl sites for hydroxylation is 2. The number of hydrogen-bond donors (Lipinski definition) is 0. The van der Waals surface area contributed by atoms with Crippen LogP contribution in [0.2, 0.25) is 0 Å². The van der Waals surface area contributed by atoms with Crippen LogP contribution in [0.25, 0.3) is 11.0 Å². The standard InChI is InChI=1S/C19H23NO2/c1-13-5-2-3-8-20(13)19(21)11-16-12-22-18-10-15-7-4-6-14(15)9-17(16)18/h9-10,12-13H,2-8,11H2,1H3/t13-/m0/s1. The molecule has 1 atom stereocenters. The molecule has 1 amide bonds. The van der Waals surface area contributed by atoms with E-state index in [0.29, 0.717) is 12.5 Å². The van der Waals surface area contributed by atoms with Gasteiger partial charge in [-0.1, -0.05) is 0 Å². The van der Waals surface area contributed by atoms with Gasteiger partial charge in [-0.05, 0) is 68.7 Å². The van der Waals surface area contributed by atoms with Crippen molar-refractivity contribution in [2.45, 2.75) is 57.9 Å². The molecular weight excluding hydrogens is 274 g/mol. The molecule has 0 unspecified atom stereocenters. The molecule has 2 heterocycles. The molecule has 1 aromatic heterocycles. The first-order valence-corrected chi connectivity index (χ1v) is 8.54. The topological polar surface area (TPSA) is 33.5 Å². The molecular formula is C19H23NO2. The number of piperidine rings is 1. The zero-order valence-corrected chi connectivity index (χ0v) is 13.2. The zero-order valence-electron chi connectivity index (χ0n) is 13.2. The number of rotatable bonds is 2. The van der Waals surface area contributed by atoms with E-state index in [9.17, 15) is 4.79 Å². The number of amides is 1. The van der Waals surface area contributed by atoms with Crippen LogP contribution < -0.4 is 0 Å². The summed E-state index contributed by atoms with van der Waals surface area (Å²) >= 11 is 0. The fourth-order valence-corrected chi connectivity index (χ4v) is 4.02. The lowest BCUT2D eigenvalue weighted by molar-refractivity contribution is -0.133. The third-order valence-electron chi connectivity index (χ3n) is 5.33. The number of carbonyl (C=O) groups excluding carboxylic acids is 1. The van der Waals surface area contributed by atoms with Crippen molar-refractivity contribution in [3.05, 3.63) is 35.1 Å². The van der Waals surface area contributed by atoms with Crippen LogP contribution in [0.3, 0.4) is 0 Å². The van der Waals surface area contributed by atoms with Crippen LogP contribution in [-0.4, -0.2) is 23.4 Å². The number of carbonyl (C=O) groups is 1. The third kappa shape index (κ3) is 2.33. The Morgan fingerprint density at radius 1 is 1.23 bits per heavy atom. The molecule has 2 aromatic rings. The van der Waals surface area contributed by atoms with Crippen molar-refractivity contribution in [3.63, 3.8) is 0 Å². The number of likely N-dealkylation sites (tertiary alicyclic amines) is 1. The Labute approximate surface area is 131 Å². The number of nitrogens with zero attached hydrogens (tertiary/aromatic N) is 1. The Morgan fingerprint density at radius 3 is 2.86 bits per heavy atom. The van der Waals surface area contributed by atoms with Crippen molar-refractivity contribution in [3.8, 4) is 0 Å². The second-order valence-electron chi connectivity index (χ2n) is 6.84. The summed E-state index contributed by atoms with van der Waals surface area (Å²) in [6, 6.07) is 4.81. The Kier molecular flexibility index (Phi) is 3.44. The van der Waals surface area contributed by atoms with Crippen LogP contribution in [0.5, 0.6) is 0 Å². The van der Waals surface area contributed by atoms with Gasteiger partial charge in [-0.15, -0.1) is 0 Å². The Balaban J connectivity index is 1.60. The fraction of sp³-hybridized carbons (Fsp3) is 0.526. The minimum Gasteiger partial charge on any atom is -0.464 e. The van der Waals surface area contributed by atoms with Crippen molar-refractivity contribution in [2.75, 3.05) is 6.54 Å². The van der Waals surface area contributed by atoms with E-state index in [1.54, 1.807) is 6.26 Å². The maximum atomic E-state index is 12.6. The smallest absolute Gasteiger partial charge is 0.227 e. The molecule has 2 aliphatic rings. The summed E-state index contributed by atoms with van der Waals surface area (Å²) in [4.78, 5) is 14.7. The first-order valence-electron chi connectivity index (χ1n) is 8.54. The van der Waals surface area contributed by atoms with E-state index in [1.807, 2.05) is 0 Å². The lowest BCUT2D eigenvalue weighted by Gasteiger charge is -2.33. The molecule has 1 fully saturated rings. The van der Waals surface area contributed by atoms with Crippen LogP contribution in [0, 0.1) is 0 Å². The van der Waals surface area contributed by atoms with Gasteiger partial charge >= 0.3 is 0 Å². The van der Waals surface area contributed by atoms with E-state index in [0.717, 1.165) is 48.8 Å². The predicted octanol–water partition coefficient (Wildman–Crippen LogP) is 3.87. The van der Waals surface area contributed by atoms with Crippen LogP contribution in [0.1, 0.15) is 49.3 Å². The summed E-state index contributed by atoms with van der Waals surface area (Å²) in [6.07, 6.45) is 9.31. The van der Waals surface area contributed by atoms with Gasteiger partial charge in [0.25, 0.3) is 0 Å². The summed E-state index contributed by atoms with van der Waals surface area (Å²) < 4.78 is 5.72. The molecule has 0 radical (unpaired) electrons. The molecule has 1 aliphatic carbocycles. The summed E-state index contributed by atoms with van der Waals surface area (Å²) in [5.74, 6) is 0.246. The van der Waals surface area contributed by atoms with Gasteiger partial charge < -0.3 is 9.32 Å². The highest BCUT2D eigenvalue weighted by Crippen LogP contribution is 2.31. The molecule has 0 bridgehead atoms. The zero-order chi connectivity index (χ0) is 15.1. The normalized spacial score (nSPS) is 21.3. The van der Waals surface area contributed by atoms with E-state index in [4.69, 9.17) is 4.42 Å². The lowest BCUT2D eigenvalue weighted by Crippen LogP contribution is -2.42. The van der Waals surface area contributed by atoms with E-state index in [-0.39, 0.29) is 5.91 Å². The molecule has 3 nitrogen and oxygen atoms in total. The molecule has 0 N–H and O–H groups in total. The van der Waals surface area contributed by atoms with Crippen molar-refractivity contribution in [1.29, 1.82) is 0 Å². The van der Waals surface area contributed by atoms with Gasteiger partial charge in [0.1, 0.15) is 5.58 Å². The fourth-order valence-electron chi connectivity index (χ4n) is 4.02. The van der Waals surface area contributed by atoms with Gasteiger partial charge in [-0.2, -0.15) is 0 Å². The van der Waals surface area contributed by atoms with Gasteiger partial charge in [-0.25, -0.2) is 0 Å². The van der Waals surface area contributed by atoms with Gasteiger partial charge in [0, 0.05) is 23.5 Å². The minimum atomic E-state index is 0.246. The maximum absolute atomic E-state index is 12.6. The Hall–Kier alpha value is -1.77. The molecule has 116 valence electrons.